The summed E-state index contributed by atoms with van der Waals surface area (Å²) in [6.45, 7) is 4.19. The Morgan fingerprint density at radius 2 is 1.92 bits per heavy atom. The van der Waals surface area contributed by atoms with Crippen molar-refractivity contribution < 1.29 is 0 Å². The molecule has 0 atom stereocenters. The molecular formula is C20H22N4O. The summed E-state index contributed by atoms with van der Waals surface area (Å²) in [5.41, 5.74) is 4.27. The fourth-order valence-corrected chi connectivity index (χ4v) is 2.81. The van der Waals surface area contributed by atoms with Crippen LogP contribution in [0.4, 0.5) is 5.69 Å². The molecule has 2 aromatic heterocycles. The van der Waals surface area contributed by atoms with Crippen molar-refractivity contribution in [3.05, 3.63) is 76.0 Å². The van der Waals surface area contributed by atoms with E-state index in [0.717, 1.165) is 36.3 Å². The van der Waals surface area contributed by atoms with E-state index in [4.69, 9.17) is 0 Å². The zero-order valence-corrected chi connectivity index (χ0v) is 14.6. The molecule has 0 bridgehead atoms. The van der Waals surface area contributed by atoms with E-state index in [2.05, 4.69) is 35.0 Å². The summed E-state index contributed by atoms with van der Waals surface area (Å²) in [6, 6.07) is 11.6. The highest BCUT2D eigenvalue weighted by atomic mass is 16.1. The number of aliphatic imine (C=N–C) groups is 1. The molecule has 5 nitrogen and oxygen atoms in total. The maximum absolute atomic E-state index is 12.9. The first-order valence-electron chi connectivity index (χ1n) is 8.60. The van der Waals surface area contributed by atoms with E-state index < -0.39 is 0 Å². The zero-order chi connectivity index (χ0) is 17.6. The third-order valence-electron chi connectivity index (χ3n) is 4.13. The molecule has 0 aliphatic carbocycles. The van der Waals surface area contributed by atoms with Crippen molar-refractivity contribution in [2.75, 3.05) is 0 Å². The van der Waals surface area contributed by atoms with Crippen LogP contribution in [0.3, 0.4) is 0 Å². The zero-order valence-electron chi connectivity index (χ0n) is 14.6. The Bertz CT molecular complexity index is 922. The lowest BCUT2D eigenvalue weighted by Crippen LogP contribution is -2.17. The van der Waals surface area contributed by atoms with Gasteiger partial charge in [-0.1, -0.05) is 38.5 Å². The summed E-state index contributed by atoms with van der Waals surface area (Å²) in [5, 5.41) is 3.22. The molecule has 0 amide bonds. The Hall–Kier alpha value is -2.95. The Labute approximate surface area is 147 Å². The van der Waals surface area contributed by atoms with E-state index in [0.29, 0.717) is 5.56 Å². The molecule has 0 aliphatic rings. The van der Waals surface area contributed by atoms with Crippen LogP contribution in [0.25, 0.3) is 5.69 Å². The summed E-state index contributed by atoms with van der Waals surface area (Å²) >= 11 is 0. The second kappa shape index (κ2) is 7.75. The average molecular weight is 334 g/mol. The highest BCUT2D eigenvalue weighted by Crippen LogP contribution is 2.19. The number of aryl methyl sites for hydroxylation is 2. The van der Waals surface area contributed by atoms with Crippen LogP contribution in [-0.4, -0.2) is 21.0 Å². The molecule has 128 valence electrons. The molecule has 3 rings (SSSR count). The summed E-state index contributed by atoms with van der Waals surface area (Å²) in [7, 11) is 0. The van der Waals surface area contributed by atoms with E-state index in [1.807, 2.05) is 18.2 Å². The average Bonchev–Trinajstić information content (AvgIpc) is 2.97. The fraction of sp³-hybridized carbons (Fsp3) is 0.250. The Morgan fingerprint density at radius 3 is 2.64 bits per heavy atom. The van der Waals surface area contributed by atoms with Crippen LogP contribution < -0.4 is 5.56 Å². The molecule has 0 saturated carbocycles. The van der Waals surface area contributed by atoms with Gasteiger partial charge in [-0.25, -0.2) is 4.68 Å². The smallest absolute Gasteiger partial charge is 0.280 e. The molecule has 2 heterocycles. The molecule has 1 aromatic carbocycles. The number of nitrogens with one attached hydrogen (secondary N) is 1. The van der Waals surface area contributed by atoms with Gasteiger partial charge in [0.25, 0.3) is 5.56 Å². The van der Waals surface area contributed by atoms with Crippen molar-refractivity contribution in [2.24, 2.45) is 4.99 Å². The molecule has 5 heteroatoms. The van der Waals surface area contributed by atoms with Gasteiger partial charge in [0.15, 0.2) is 0 Å². The first-order chi connectivity index (χ1) is 12.2. The van der Waals surface area contributed by atoms with Crippen molar-refractivity contribution in [1.29, 1.82) is 0 Å². The van der Waals surface area contributed by atoms with E-state index in [1.54, 1.807) is 35.4 Å². The highest BCUT2D eigenvalue weighted by Gasteiger charge is 2.13. The van der Waals surface area contributed by atoms with Crippen molar-refractivity contribution in [1.82, 2.24) is 14.8 Å². The molecule has 0 saturated heterocycles. The summed E-state index contributed by atoms with van der Waals surface area (Å²) < 4.78 is 1.56. The summed E-state index contributed by atoms with van der Waals surface area (Å²) in [5.74, 6) is 0. The van der Waals surface area contributed by atoms with E-state index >= 15 is 0 Å². The number of nitrogens with zero attached hydrogens (tertiary/aromatic N) is 3. The molecule has 0 aliphatic heterocycles. The monoisotopic (exact) mass is 334 g/mol. The number of pyridine rings is 1. The second-order valence-corrected chi connectivity index (χ2v) is 5.84. The van der Waals surface area contributed by atoms with Gasteiger partial charge >= 0.3 is 0 Å². The Morgan fingerprint density at radius 1 is 1.16 bits per heavy atom. The number of rotatable bonds is 6. The Kier molecular flexibility index (Phi) is 5.23. The van der Waals surface area contributed by atoms with Crippen LogP contribution in [0, 0.1) is 0 Å². The molecule has 0 unspecified atom stereocenters. The van der Waals surface area contributed by atoms with Crippen molar-refractivity contribution in [3.63, 3.8) is 0 Å². The lowest BCUT2D eigenvalue weighted by molar-refractivity contribution is 0.792. The predicted octanol–water partition coefficient (Wildman–Crippen LogP) is 3.83. The van der Waals surface area contributed by atoms with Gasteiger partial charge in [0.1, 0.15) is 0 Å². The van der Waals surface area contributed by atoms with Gasteiger partial charge in [0, 0.05) is 24.3 Å². The first kappa shape index (κ1) is 16.9. The SMILES string of the molecule is CCCc1[nH]n(-c2ccncc2)c(=O)c1C=Nc1ccccc1CC. The van der Waals surface area contributed by atoms with Gasteiger partial charge in [-0.3, -0.25) is 19.9 Å². The number of hydrogen-bond acceptors (Lipinski definition) is 3. The first-order valence-corrected chi connectivity index (χ1v) is 8.60. The number of hydrogen-bond donors (Lipinski definition) is 1. The number of H-pyrrole nitrogens is 1. The largest absolute Gasteiger partial charge is 0.294 e. The van der Waals surface area contributed by atoms with E-state index in [-0.39, 0.29) is 5.56 Å². The van der Waals surface area contributed by atoms with Crippen molar-refractivity contribution >= 4 is 11.9 Å². The van der Waals surface area contributed by atoms with Gasteiger partial charge < -0.3 is 0 Å². The van der Waals surface area contributed by atoms with Crippen LogP contribution in [0.2, 0.25) is 0 Å². The summed E-state index contributed by atoms with van der Waals surface area (Å²) in [6.07, 6.45) is 7.69. The number of benzene rings is 1. The molecule has 25 heavy (non-hydrogen) atoms. The molecule has 0 radical (unpaired) electrons. The van der Waals surface area contributed by atoms with Gasteiger partial charge in [-0.15, -0.1) is 0 Å². The van der Waals surface area contributed by atoms with Crippen LogP contribution in [0.1, 0.15) is 37.1 Å². The van der Waals surface area contributed by atoms with Crippen LogP contribution in [-0.2, 0) is 12.8 Å². The minimum Gasteiger partial charge on any atom is -0.294 e. The topological polar surface area (TPSA) is 63.0 Å². The predicted molar refractivity (Wildman–Crippen MR) is 101 cm³/mol. The third kappa shape index (κ3) is 3.60. The maximum atomic E-state index is 12.9. The fourth-order valence-electron chi connectivity index (χ4n) is 2.81. The van der Waals surface area contributed by atoms with Gasteiger partial charge in [-0.2, -0.15) is 0 Å². The molecule has 3 aromatic rings. The van der Waals surface area contributed by atoms with E-state index in [9.17, 15) is 4.79 Å². The third-order valence-corrected chi connectivity index (χ3v) is 4.13. The van der Waals surface area contributed by atoms with Crippen molar-refractivity contribution in [2.45, 2.75) is 33.1 Å². The standard InChI is InChI=1S/C20H22N4O/c1-3-7-19-17(14-22-18-9-6-5-8-15(18)4-2)20(25)24(23-19)16-10-12-21-13-11-16/h5-6,8-14,23H,3-4,7H2,1-2H3. The lowest BCUT2D eigenvalue weighted by atomic mass is 10.1. The molecule has 1 N–H and O–H groups in total. The minimum atomic E-state index is -0.0904. The minimum absolute atomic E-state index is 0.0904. The normalized spacial score (nSPS) is 11.3. The van der Waals surface area contributed by atoms with Crippen LogP contribution in [0.5, 0.6) is 0 Å². The molecule has 0 spiro atoms. The summed E-state index contributed by atoms with van der Waals surface area (Å²) in [4.78, 5) is 21.5. The Balaban J connectivity index is 2.04. The van der Waals surface area contributed by atoms with Gasteiger partial charge in [0.2, 0.25) is 0 Å². The number of aromatic nitrogens is 3. The van der Waals surface area contributed by atoms with Gasteiger partial charge in [0.05, 0.1) is 16.9 Å². The highest BCUT2D eigenvalue weighted by molar-refractivity contribution is 5.83. The molecular weight excluding hydrogens is 312 g/mol. The number of para-hydroxylation sites is 1. The lowest BCUT2D eigenvalue weighted by Gasteiger charge is -2.01. The molecule has 0 fully saturated rings. The van der Waals surface area contributed by atoms with Crippen molar-refractivity contribution in [3.8, 4) is 5.69 Å². The second-order valence-electron chi connectivity index (χ2n) is 5.84. The quantitative estimate of drug-likeness (QED) is 0.696. The van der Waals surface area contributed by atoms with Crippen LogP contribution >= 0.6 is 0 Å². The van der Waals surface area contributed by atoms with Crippen LogP contribution in [0.15, 0.2) is 58.6 Å². The van der Waals surface area contributed by atoms with Gasteiger partial charge in [-0.05, 0) is 36.6 Å². The maximum Gasteiger partial charge on any atom is 0.280 e. The van der Waals surface area contributed by atoms with E-state index in [1.165, 1.54) is 5.56 Å². The number of aromatic amines is 1.